The molecule has 4 heteroatoms. The van der Waals surface area contributed by atoms with Crippen LogP contribution in [-0.4, -0.2) is 49.2 Å². The molecule has 3 rings (SSSR count). The van der Waals surface area contributed by atoms with Crippen LogP contribution in [0.15, 0.2) is 0 Å². The van der Waals surface area contributed by atoms with E-state index in [0.717, 1.165) is 45.6 Å². The van der Waals surface area contributed by atoms with E-state index in [4.69, 9.17) is 4.74 Å². The number of morpholine rings is 1. The molecule has 0 aromatic rings. The highest BCUT2D eigenvalue weighted by Crippen LogP contribution is 2.33. The van der Waals surface area contributed by atoms with E-state index in [9.17, 15) is 4.79 Å². The van der Waals surface area contributed by atoms with Gasteiger partial charge in [-0.05, 0) is 32.4 Å². The van der Waals surface area contributed by atoms with Crippen LogP contribution in [0.25, 0.3) is 0 Å². The molecular weight excluding hydrogens is 192 g/mol. The Morgan fingerprint density at radius 1 is 1.20 bits per heavy atom. The van der Waals surface area contributed by atoms with Gasteiger partial charge in [-0.3, -0.25) is 4.79 Å². The van der Waals surface area contributed by atoms with Crippen molar-refractivity contribution in [3.63, 3.8) is 0 Å². The lowest BCUT2D eigenvalue weighted by Gasteiger charge is -2.53. The van der Waals surface area contributed by atoms with Crippen molar-refractivity contribution >= 4 is 5.91 Å². The molecule has 2 atom stereocenters. The average molecular weight is 210 g/mol. The number of hydrogen-bond acceptors (Lipinski definition) is 3. The Balaban J connectivity index is 1.64. The van der Waals surface area contributed by atoms with Crippen molar-refractivity contribution < 1.29 is 9.53 Å². The minimum Gasteiger partial charge on any atom is -0.377 e. The number of carbonyl (C=O) groups excluding carboxylic acids is 1. The van der Waals surface area contributed by atoms with Crippen LogP contribution >= 0.6 is 0 Å². The van der Waals surface area contributed by atoms with E-state index in [-0.39, 0.29) is 5.92 Å². The number of piperidine rings is 1. The molecule has 1 N–H and O–H groups in total. The van der Waals surface area contributed by atoms with Gasteiger partial charge in [0.1, 0.15) is 0 Å². The van der Waals surface area contributed by atoms with E-state index in [1.54, 1.807) is 0 Å². The molecule has 3 fully saturated rings. The van der Waals surface area contributed by atoms with E-state index in [2.05, 4.69) is 10.2 Å². The number of hydrogen-bond donors (Lipinski definition) is 1. The Morgan fingerprint density at radius 2 is 1.87 bits per heavy atom. The highest BCUT2D eigenvalue weighted by atomic mass is 16.5. The van der Waals surface area contributed by atoms with Gasteiger partial charge in [0.2, 0.25) is 5.91 Å². The molecule has 3 saturated heterocycles. The topological polar surface area (TPSA) is 41.6 Å². The standard InChI is InChI=1S/C11H18N2O2/c14-11(8-1-3-12-4-2-8)13-9-5-10(13)7-15-6-9/h8-10,12H,1-7H2/t9-,10-/m1/s1. The van der Waals surface area contributed by atoms with Gasteiger partial charge in [-0.1, -0.05) is 0 Å². The van der Waals surface area contributed by atoms with Crippen LogP contribution in [0.2, 0.25) is 0 Å². The summed E-state index contributed by atoms with van der Waals surface area (Å²) in [5.74, 6) is 0.663. The van der Waals surface area contributed by atoms with Crippen molar-refractivity contribution in [3.8, 4) is 0 Å². The summed E-state index contributed by atoms with van der Waals surface area (Å²) in [7, 11) is 0. The fourth-order valence-electron chi connectivity index (χ4n) is 2.98. The largest absolute Gasteiger partial charge is 0.377 e. The number of rotatable bonds is 1. The number of fused-ring (bicyclic) bond motifs is 2. The molecule has 3 heterocycles. The van der Waals surface area contributed by atoms with Crippen molar-refractivity contribution in [1.29, 1.82) is 0 Å². The first-order valence-electron chi connectivity index (χ1n) is 5.97. The average Bonchev–Trinajstić information content (AvgIpc) is 2.31. The SMILES string of the molecule is O=C(C1CCNCC1)N1[C@H]2COC[C@H]1C2. The zero-order chi connectivity index (χ0) is 10.3. The van der Waals surface area contributed by atoms with Crippen LogP contribution < -0.4 is 5.32 Å². The molecule has 84 valence electrons. The van der Waals surface area contributed by atoms with E-state index in [1.165, 1.54) is 0 Å². The summed E-state index contributed by atoms with van der Waals surface area (Å²) in [5, 5.41) is 3.30. The molecule has 0 aromatic carbocycles. The number of carbonyl (C=O) groups is 1. The lowest BCUT2D eigenvalue weighted by molar-refractivity contribution is -0.172. The summed E-state index contributed by atoms with van der Waals surface area (Å²) in [6.45, 7) is 3.51. The molecule has 0 aliphatic carbocycles. The van der Waals surface area contributed by atoms with Gasteiger partial charge in [-0.25, -0.2) is 0 Å². The van der Waals surface area contributed by atoms with Crippen LogP contribution in [0.3, 0.4) is 0 Å². The Labute approximate surface area is 90.0 Å². The Bertz CT molecular complexity index is 249. The molecule has 3 aliphatic heterocycles. The van der Waals surface area contributed by atoms with E-state index in [0.29, 0.717) is 18.0 Å². The third-order valence-electron chi connectivity index (χ3n) is 3.89. The number of nitrogens with one attached hydrogen (secondary N) is 1. The minimum absolute atomic E-state index is 0.273. The molecule has 2 bridgehead atoms. The Kier molecular flexibility index (Phi) is 2.41. The molecular formula is C11H18N2O2. The molecule has 0 radical (unpaired) electrons. The molecule has 3 aliphatic rings. The van der Waals surface area contributed by atoms with E-state index in [1.807, 2.05) is 0 Å². The normalized spacial score (nSPS) is 36.1. The van der Waals surface area contributed by atoms with Gasteiger partial charge in [0.25, 0.3) is 0 Å². The summed E-state index contributed by atoms with van der Waals surface area (Å²) in [6.07, 6.45) is 3.18. The fraction of sp³-hybridized carbons (Fsp3) is 0.909. The molecule has 0 unspecified atom stereocenters. The fourth-order valence-corrected chi connectivity index (χ4v) is 2.98. The molecule has 0 aromatic heterocycles. The quantitative estimate of drug-likeness (QED) is 0.661. The van der Waals surface area contributed by atoms with Gasteiger partial charge in [0, 0.05) is 5.92 Å². The van der Waals surface area contributed by atoms with Crippen molar-refractivity contribution in [2.45, 2.75) is 31.3 Å². The predicted octanol–water partition coefficient (Wildman–Crippen LogP) is -0.0143. The molecule has 0 spiro atoms. The lowest BCUT2D eigenvalue weighted by atomic mass is 9.87. The van der Waals surface area contributed by atoms with Gasteiger partial charge >= 0.3 is 0 Å². The monoisotopic (exact) mass is 210 g/mol. The molecule has 15 heavy (non-hydrogen) atoms. The van der Waals surface area contributed by atoms with Gasteiger partial charge in [0.05, 0.1) is 25.3 Å². The second-order valence-corrected chi connectivity index (χ2v) is 4.85. The summed E-state index contributed by atoms with van der Waals surface area (Å²) in [5.41, 5.74) is 0. The van der Waals surface area contributed by atoms with Crippen molar-refractivity contribution in [1.82, 2.24) is 10.2 Å². The second kappa shape index (κ2) is 3.76. The maximum Gasteiger partial charge on any atom is 0.226 e. The molecule has 4 nitrogen and oxygen atoms in total. The van der Waals surface area contributed by atoms with E-state index >= 15 is 0 Å². The highest BCUT2D eigenvalue weighted by molar-refractivity contribution is 5.80. The number of ether oxygens (including phenoxy) is 1. The highest BCUT2D eigenvalue weighted by Gasteiger charge is 2.46. The molecule has 0 saturated carbocycles. The third-order valence-corrected chi connectivity index (χ3v) is 3.89. The van der Waals surface area contributed by atoms with Gasteiger partial charge in [-0.2, -0.15) is 0 Å². The lowest BCUT2D eigenvalue weighted by Crippen LogP contribution is -2.66. The van der Waals surface area contributed by atoms with Crippen molar-refractivity contribution in [2.75, 3.05) is 26.3 Å². The van der Waals surface area contributed by atoms with Gasteiger partial charge in [0.15, 0.2) is 0 Å². The zero-order valence-electron chi connectivity index (χ0n) is 8.95. The van der Waals surface area contributed by atoms with Crippen molar-refractivity contribution in [3.05, 3.63) is 0 Å². The van der Waals surface area contributed by atoms with E-state index < -0.39 is 0 Å². The zero-order valence-corrected chi connectivity index (χ0v) is 8.95. The van der Waals surface area contributed by atoms with Gasteiger partial charge < -0.3 is 15.0 Å². The van der Waals surface area contributed by atoms with Crippen molar-refractivity contribution in [2.24, 2.45) is 5.92 Å². The van der Waals surface area contributed by atoms with Gasteiger partial charge in [-0.15, -0.1) is 0 Å². The van der Waals surface area contributed by atoms with Crippen LogP contribution in [0.5, 0.6) is 0 Å². The Morgan fingerprint density at radius 3 is 2.47 bits per heavy atom. The first-order valence-corrected chi connectivity index (χ1v) is 5.97. The smallest absolute Gasteiger partial charge is 0.226 e. The number of amides is 1. The maximum atomic E-state index is 12.2. The first kappa shape index (κ1) is 9.60. The maximum absolute atomic E-state index is 12.2. The summed E-state index contributed by atoms with van der Waals surface area (Å²) in [6, 6.07) is 0.789. The first-order chi connectivity index (χ1) is 7.36. The predicted molar refractivity (Wildman–Crippen MR) is 55.5 cm³/mol. The second-order valence-electron chi connectivity index (χ2n) is 4.85. The van der Waals surface area contributed by atoms with Crippen LogP contribution in [0, 0.1) is 5.92 Å². The summed E-state index contributed by atoms with van der Waals surface area (Å²) >= 11 is 0. The van der Waals surface area contributed by atoms with Crippen LogP contribution in [0.1, 0.15) is 19.3 Å². The minimum atomic E-state index is 0.273. The third kappa shape index (κ3) is 1.56. The van der Waals surface area contributed by atoms with Crippen LogP contribution in [-0.2, 0) is 9.53 Å². The van der Waals surface area contributed by atoms with Crippen LogP contribution in [0.4, 0.5) is 0 Å². The number of nitrogens with zero attached hydrogens (tertiary/aromatic N) is 1. The summed E-state index contributed by atoms with van der Waals surface area (Å²) < 4.78 is 5.39. The molecule has 1 amide bonds. The summed E-state index contributed by atoms with van der Waals surface area (Å²) in [4.78, 5) is 14.3. The Hall–Kier alpha value is -0.610.